The summed E-state index contributed by atoms with van der Waals surface area (Å²) in [5.74, 6) is -0.285. The number of aromatic nitrogens is 2. The first-order valence-corrected chi connectivity index (χ1v) is 7.20. The normalized spacial score (nSPS) is 10.1. The van der Waals surface area contributed by atoms with Crippen molar-refractivity contribution in [1.29, 1.82) is 0 Å². The van der Waals surface area contributed by atoms with E-state index in [1.165, 1.54) is 24.2 Å². The molecule has 0 saturated carbocycles. The smallest absolute Gasteiger partial charge is 0.321 e. The van der Waals surface area contributed by atoms with Crippen molar-refractivity contribution in [2.75, 3.05) is 12.3 Å². The van der Waals surface area contributed by atoms with Crippen LogP contribution >= 0.6 is 11.8 Å². The van der Waals surface area contributed by atoms with Crippen LogP contribution in [0.15, 0.2) is 48.3 Å². The van der Waals surface area contributed by atoms with E-state index in [0.717, 1.165) is 10.9 Å². The second kappa shape index (κ2) is 7.39. The predicted octanol–water partition coefficient (Wildman–Crippen LogP) is 1.73. The number of amides is 3. The number of carbonyl (C=O) groups excluding carboxylic acids is 2. The zero-order valence-electron chi connectivity index (χ0n) is 11.2. The maximum atomic E-state index is 11.7. The lowest BCUT2D eigenvalue weighted by molar-refractivity contribution is -0.117. The van der Waals surface area contributed by atoms with Crippen LogP contribution in [-0.2, 0) is 4.79 Å². The molecule has 2 aromatic rings. The number of carbonyl (C=O) groups is 2. The summed E-state index contributed by atoms with van der Waals surface area (Å²) in [5, 5.41) is 6.29. The Morgan fingerprint density at radius 1 is 1.29 bits per heavy atom. The highest BCUT2D eigenvalue weighted by Crippen LogP contribution is 2.23. The third-order valence-corrected chi connectivity index (χ3v) is 3.51. The third-order valence-electron chi connectivity index (χ3n) is 2.51. The van der Waals surface area contributed by atoms with Crippen molar-refractivity contribution in [3.8, 4) is 0 Å². The summed E-state index contributed by atoms with van der Waals surface area (Å²) in [4.78, 5) is 31.3. The SMILES string of the molecule is C=CCNC(=O)NC(=O)CSc1ncnc2ccccc12. The molecule has 2 rings (SSSR count). The van der Waals surface area contributed by atoms with Gasteiger partial charge in [0.15, 0.2) is 0 Å². The van der Waals surface area contributed by atoms with Crippen LogP contribution < -0.4 is 10.6 Å². The minimum Gasteiger partial charge on any atom is -0.334 e. The molecule has 0 saturated heterocycles. The number of thioether (sulfide) groups is 1. The Hall–Kier alpha value is -2.41. The van der Waals surface area contributed by atoms with E-state index >= 15 is 0 Å². The van der Waals surface area contributed by atoms with Crippen LogP contribution in [0.5, 0.6) is 0 Å². The van der Waals surface area contributed by atoms with Crippen molar-refractivity contribution < 1.29 is 9.59 Å². The number of para-hydroxylation sites is 1. The molecule has 0 unspecified atom stereocenters. The summed E-state index contributed by atoms with van der Waals surface area (Å²) >= 11 is 1.26. The van der Waals surface area contributed by atoms with E-state index in [0.29, 0.717) is 11.6 Å². The summed E-state index contributed by atoms with van der Waals surface area (Å²) in [6, 6.07) is 7.02. The van der Waals surface area contributed by atoms with E-state index in [1.807, 2.05) is 24.3 Å². The molecule has 0 aliphatic rings. The molecule has 3 amide bonds. The van der Waals surface area contributed by atoms with Gasteiger partial charge in [0.25, 0.3) is 0 Å². The van der Waals surface area contributed by atoms with Crippen molar-refractivity contribution >= 4 is 34.6 Å². The number of nitrogens with one attached hydrogen (secondary N) is 2. The van der Waals surface area contributed by atoms with E-state index in [1.54, 1.807) is 0 Å². The van der Waals surface area contributed by atoms with E-state index in [-0.39, 0.29) is 11.7 Å². The molecule has 1 aromatic carbocycles. The Labute approximate surface area is 126 Å². The Morgan fingerprint density at radius 2 is 2.10 bits per heavy atom. The van der Waals surface area contributed by atoms with Crippen LogP contribution in [-0.4, -0.2) is 34.2 Å². The van der Waals surface area contributed by atoms with Crippen molar-refractivity contribution in [2.45, 2.75) is 5.03 Å². The number of fused-ring (bicyclic) bond motifs is 1. The van der Waals surface area contributed by atoms with Gasteiger partial charge in [0, 0.05) is 11.9 Å². The lowest BCUT2D eigenvalue weighted by Gasteiger charge is -2.06. The van der Waals surface area contributed by atoms with Gasteiger partial charge in [-0.25, -0.2) is 14.8 Å². The number of urea groups is 1. The zero-order chi connectivity index (χ0) is 15.1. The topological polar surface area (TPSA) is 84.0 Å². The Kier molecular flexibility index (Phi) is 5.28. The quantitative estimate of drug-likeness (QED) is 0.499. The molecule has 0 spiro atoms. The minimum absolute atomic E-state index is 0.0997. The van der Waals surface area contributed by atoms with E-state index in [4.69, 9.17) is 0 Å². The number of nitrogens with zero attached hydrogens (tertiary/aromatic N) is 2. The highest BCUT2D eigenvalue weighted by molar-refractivity contribution is 8.00. The summed E-state index contributed by atoms with van der Waals surface area (Å²) in [6.07, 6.45) is 2.99. The maximum Gasteiger partial charge on any atom is 0.321 e. The van der Waals surface area contributed by atoms with Gasteiger partial charge in [-0.3, -0.25) is 10.1 Å². The molecule has 0 atom stereocenters. The molecule has 7 heteroatoms. The summed E-state index contributed by atoms with van der Waals surface area (Å²) < 4.78 is 0. The Balaban J connectivity index is 1.94. The Morgan fingerprint density at radius 3 is 2.90 bits per heavy atom. The van der Waals surface area contributed by atoms with Crippen LogP contribution in [0, 0.1) is 0 Å². The van der Waals surface area contributed by atoms with Gasteiger partial charge in [-0.2, -0.15) is 0 Å². The molecule has 21 heavy (non-hydrogen) atoms. The fraction of sp³-hybridized carbons (Fsp3) is 0.143. The first kappa shape index (κ1) is 15.0. The van der Waals surface area contributed by atoms with Gasteiger partial charge in [-0.1, -0.05) is 36.0 Å². The first-order valence-electron chi connectivity index (χ1n) is 6.22. The van der Waals surface area contributed by atoms with Gasteiger partial charge in [0.1, 0.15) is 11.4 Å². The number of imide groups is 1. The summed E-state index contributed by atoms with van der Waals surface area (Å²) in [6.45, 7) is 3.78. The van der Waals surface area contributed by atoms with E-state index in [2.05, 4.69) is 27.2 Å². The van der Waals surface area contributed by atoms with Crippen LogP contribution in [0.2, 0.25) is 0 Å². The fourth-order valence-electron chi connectivity index (χ4n) is 1.60. The molecule has 6 nitrogen and oxygen atoms in total. The molecule has 0 aliphatic heterocycles. The molecular formula is C14H14N4O2S. The fourth-order valence-corrected chi connectivity index (χ4v) is 2.39. The molecule has 0 bridgehead atoms. The minimum atomic E-state index is -0.534. The van der Waals surface area contributed by atoms with Crippen molar-refractivity contribution in [2.24, 2.45) is 0 Å². The highest BCUT2D eigenvalue weighted by atomic mass is 32.2. The van der Waals surface area contributed by atoms with Gasteiger partial charge in [0.05, 0.1) is 11.3 Å². The summed E-state index contributed by atoms with van der Waals surface area (Å²) in [5.41, 5.74) is 0.819. The Bertz CT molecular complexity index is 670. The van der Waals surface area contributed by atoms with Gasteiger partial charge in [0.2, 0.25) is 5.91 Å². The van der Waals surface area contributed by atoms with Gasteiger partial charge in [-0.05, 0) is 6.07 Å². The summed E-state index contributed by atoms with van der Waals surface area (Å²) in [7, 11) is 0. The molecule has 1 aromatic heterocycles. The monoisotopic (exact) mass is 302 g/mol. The predicted molar refractivity (Wildman–Crippen MR) is 82.0 cm³/mol. The number of hydrogen-bond acceptors (Lipinski definition) is 5. The first-order chi connectivity index (χ1) is 10.2. The number of benzene rings is 1. The van der Waals surface area contributed by atoms with Crippen LogP contribution in [0.4, 0.5) is 4.79 Å². The standard InChI is InChI=1S/C14H14N4O2S/c1-2-7-15-14(20)18-12(19)8-21-13-10-5-3-4-6-11(10)16-9-17-13/h2-6,9H,1,7-8H2,(H2,15,18,19,20). The van der Waals surface area contributed by atoms with Crippen molar-refractivity contribution in [3.05, 3.63) is 43.2 Å². The van der Waals surface area contributed by atoms with Crippen LogP contribution in [0.3, 0.4) is 0 Å². The lowest BCUT2D eigenvalue weighted by Crippen LogP contribution is -2.40. The zero-order valence-corrected chi connectivity index (χ0v) is 12.0. The number of rotatable bonds is 5. The molecule has 0 fully saturated rings. The molecule has 0 aliphatic carbocycles. The highest BCUT2D eigenvalue weighted by Gasteiger charge is 2.09. The molecule has 1 heterocycles. The maximum absolute atomic E-state index is 11.7. The molecule has 0 radical (unpaired) electrons. The lowest BCUT2D eigenvalue weighted by atomic mass is 10.2. The van der Waals surface area contributed by atoms with Crippen LogP contribution in [0.25, 0.3) is 10.9 Å². The average Bonchev–Trinajstić information content (AvgIpc) is 2.51. The van der Waals surface area contributed by atoms with E-state index in [9.17, 15) is 9.59 Å². The van der Waals surface area contributed by atoms with Gasteiger partial charge >= 0.3 is 6.03 Å². The van der Waals surface area contributed by atoms with Crippen molar-refractivity contribution in [1.82, 2.24) is 20.6 Å². The van der Waals surface area contributed by atoms with E-state index < -0.39 is 6.03 Å². The molecule has 108 valence electrons. The molecule has 2 N–H and O–H groups in total. The van der Waals surface area contributed by atoms with Crippen molar-refractivity contribution in [3.63, 3.8) is 0 Å². The van der Waals surface area contributed by atoms with Gasteiger partial charge in [-0.15, -0.1) is 6.58 Å². The second-order valence-corrected chi connectivity index (χ2v) is 5.00. The molecular weight excluding hydrogens is 288 g/mol. The number of hydrogen-bond donors (Lipinski definition) is 2. The average molecular weight is 302 g/mol. The third kappa shape index (κ3) is 4.28. The second-order valence-electron chi connectivity index (χ2n) is 4.03. The van der Waals surface area contributed by atoms with Crippen LogP contribution in [0.1, 0.15) is 0 Å². The largest absolute Gasteiger partial charge is 0.334 e. The van der Waals surface area contributed by atoms with Gasteiger partial charge < -0.3 is 5.32 Å².